The number of hydrogen-bond donors (Lipinski definition) is 2. The summed E-state index contributed by atoms with van der Waals surface area (Å²) in [4.78, 5) is 17.0. The number of pyridine rings is 1. The molecule has 3 rings (SSSR count). The van der Waals surface area contributed by atoms with Gasteiger partial charge in [-0.25, -0.2) is 9.67 Å². The van der Waals surface area contributed by atoms with Crippen LogP contribution >= 0.6 is 0 Å². The molecule has 118 valence electrons. The highest BCUT2D eigenvalue weighted by atomic mass is 16.3. The van der Waals surface area contributed by atoms with Gasteiger partial charge in [0.05, 0.1) is 23.8 Å². The third kappa shape index (κ3) is 2.59. The Morgan fingerprint density at radius 2 is 2.23 bits per heavy atom. The van der Waals surface area contributed by atoms with Gasteiger partial charge in [0.25, 0.3) is 5.91 Å². The van der Waals surface area contributed by atoms with E-state index in [1.165, 1.54) is 0 Å². The van der Waals surface area contributed by atoms with Gasteiger partial charge in [-0.3, -0.25) is 4.79 Å². The van der Waals surface area contributed by atoms with E-state index in [0.29, 0.717) is 12.1 Å². The van der Waals surface area contributed by atoms with Gasteiger partial charge in [-0.1, -0.05) is 0 Å². The summed E-state index contributed by atoms with van der Waals surface area (Å²) in [6, 6.07) is 1.98. The number of nitrogens with zero attached hydrogens (tertiary/aromatic N) is 3. The van der Waals surface area contributed by atoms with E-state index in [0.717, 1.165) is 29.6 Å². The molecule has 0 saturated heterocycles. The van der Waals surface area contributed by atoms with Crippen LogP contribution in [0.3, 0.4) is 0 Å². The molecular formula is C16H22N4O2. The average molecular weight is 302 g/mol. The van der Waals surface area contributed by atoms with E-state index in [1.807, 2.05) is 25.5 Å². The van der Waals surface area contributed by atoms with Crippen molar-refractivity contribution in [3.63, 3.8) is 0 Å². The maximum Gasteiger partial charge on any atom is 0.252 e. The van der Waals surface area contributed by atoms with Gasteiger partial charge >= 0.3 is 0 Å². The summed E-state index contributed by atoms with van der Waals surface area (Å²) in [7, 11) is 0. The highest BCUT2D eigenvalue weighted by molar-refractivity contribution is 6.05. The van der Waals surface area contributed by atoms with Crippen LogP contribution in [-0.4, -0.2) is 38.9 Å². The van der Waals surface area contributed by atoms with Crippen molar-refractivity contribution in [2.24, 2.45) is 5.41 Å². The van der Waals surface area contributed by atoms with E-state index >= 15 is 0 Å². The number of carbonyl (C=O) groups is 1. The Morgan fingerprint density at radius 1 is 1.50 bits per heavy atom. The second kappa shape index (κ2) is 5.35. The fourth-order valence-electron chi connectivity index (χ4n) is 2.64. The minimum Gasteiger partial charge on any atom is -0.396 e. The van der Waals surface area contributed by atoms with E-state index < -0.39 is 0 Å². The number of aromatic nitrogens is 3. The average Bonchev–Trinajstić information content (AvgIpc) is 3.15. The quantitative estimate of drug-likeness (QED) is 0.883. The van der Waals surface area contributed by atoms with Gasteiger partial charge in [-0.15, -0.1) is 0 Å². The van der Waals surface area contributed by atoms with Crippen LogP contribution in [0, 0.1) is 12.3 Å². The molecule has 0 aromatic carbocycles. The molecule has 1 aliphatic rings. The first-order valence-electron chi connectivity index (χ1n) is 7.70. The summed E-state index contributed by atoms with van der Waals surface area (Å²) in [5.74, 6) is -0.126. The topological polar surface area (TPSA) is 80.0 Å². The Kier molecular flexibility index (Phi) is 3.64. The molecule has 0 bridgehead atoms. The minimum absolute atomic E-state index is 0.0982. The summed E-state index contributed by atoms with van der Waals surface area (Å²) < 4.78 is 1.83. The maximum absolute atomic E-state index is 12.5. The van der Waals surface area contributed by atoms with Crippen LogP contribution in [0.15, 0.2) is 12.3 Å². The fourth-order valence-corrected chi connectivity index (χ4v) is 2.64. The van der Waals surface area contributed by atoms with Crippen molar-refractivity contribution in [2.45, 2.75) is 39.7 Å². The Morgan fingerprint density at radius 3 is 2.82 bits per heavy atom. The van der Waals surface area contributed by atoms with E-state index in [9.17, 15) is 9.90 Å². The smallest absolute Gasteiger partial charge is 0.252 e. The Balaban J connectivity index is 1.91. The first-order chi connectivity index (χ1) is 10.5. The van der Waals surface area contributed by atoms with Gasteiger partial charge in [0.1, 0.15) is 0 Å². The summed E-state index contributed by atoms with van der Waals surface area (Å²) in [5.41, 5.74) is 2.04. The number of nitrogens with one attached hydrogen (secondary N) is 1. The lowest BCUT2D eigenvalue weighted by molar-refractivity contribution is 0.0936. The van der Waals surface area contributed by atoms with Gasteiger partial charge in [-0.2, -0.15) is 5.10 Å². The van der Waals surface area contributed by atoms with Gasteiger partial charge in [0.2, 0.25) is 0 Å². The van der Waals surface area contributed by atoms with Crippen molar-refractivity contribution >= 4 is 16.9 Å². The van der Waals surface area contributed by atoms with Crippen LogP contribution in [0.1, 0.15) is 48.8 Å². The van der Waals surface area contributed by atoms with Crippen molar-refractivity contribution in [1.82, 2.24) is 20.1 Å². The molecule has 0 radical (unpaired) electrons. The Labute approximate surface area is 129 Å². The highest BCUT2D eigenvalue weighted by Gasteiger charge is 2.42. The molecule has 0 spiro atoms. The van der Waals surface area contributed by atoms with Crippen LogP contribution in [0.25, 0.3) is 11.0 Å². The standard InChI is InChI=1S/C16H22N4O2/c1-10(2)20-14-13(7-18-20)12(6-11(3)19-14)15(22)17-8-16(9-21)4-5-16/h6-7,10,21H,4-5,8-9H2,1-3H3,(H,17,22). The molecule has 0 atom stereocenters. The van der Waals surface area contributed by atoms with E-state index in [1.54, 1.807) is 12.3 Å². The van der Waals surface area contributed by atoms with Crippen molar-refractivity contribution in [1.29, 1.82) is 0 Å². The third-order valence-corrected chi connectivity index (χ3v) is 4.35. The molecule has 0 aliphatic heterocycles. The second-order valence-corrected chi connectivity index (χ2v) is 6.57. The van der Waals surface area contributed by atoms with Gasteiger partial charge in [0, 0.05) is 23.7 Å². The predicted octanol–water partition coefficient (Wildman–Crippen LogP) is 1.82. The Hall–Kier alpha value is -1.95. The molecule has 6 nitrogen and oxygen atoms in total. The molecule has 22 heavy (non-hydrogen) atoms. The zero-order valence-corrected chi connectivity index (χ0v) is 13.3. The fraction of sp³-hybridized carbons (Fsp3) is 0.562. The zero-order chi connectivity index (χ0) is 15.9. The molecule has 2 heterocycles. The zero-order valence-electron chi connectivity index (χ0n) is 13.3. The lowest BCUT2D eigenvalue weighted by Crippen LogP contribution is -2.32. The molecule has 2 aromatic heterocycles. The number of aliphatic hydroxyl groups excluding tert-OH is 1. The van der Waals surface area contributed by atoms with Crippen LogP contribution in [0.2, 0.25) is 0 Å². The van der Waals surface area contributed by atoms with Crippen LogP contribution < -0.4 is 5.32 Å². The highest BCUT2D eigenvalue weighted by Crippen LogP contribution is 2.44. The molecule has 6 heteroatoms. The molecule has 1 fully saturated rings. The van der Waals surface area contributed by atoms with Crippen LogP contribution in [0.4, 0.5) is 0 Å². The molecule has 1 saturated carbocycles. The third-order valence-electron chi connectivity index (χ3n) is 4.35. The summed E-state index contributed by atoms with van der Waals surface area (Å²) in [5, 5.41) is 17.4. The first-order valence-corrected chi connectivity index (χ1v) is 7.70. The maximum atomic E-state index is 12.5. The second-order valence-electron chi connectivity index (χ2n) is 6.57. The van der Waals surface area contributed by atoms with E-state index in [4.69, 9.17) is 0 Å². The van der Waals surface area contributed by atoms with E-state index in [-0.39, 0.29) is 24.0 Å². The molecule has 0 unspecified atom stereocenters. The predicted molar refractivity (Wildman–Crippen MR) is 83.7 cm³/mol. The molecule has 2 aromatic rings. The molecule has 1 amide bonds. The summed E-state index contributed by atoms with van der Waals surface area (Å²) >= 11 is 0. The normalized spacial score (nSPS) is 16.2. The number of hydrogen-bond acceptors (Lipinski definition) is 4. The number of rotatable bonds is 5. The lowest BCUT2D eigenvalue weighted by atomic mass is 10.1. The van der Waals surface area contributed by atoms with E-state index in [2.05, 4.69) is 15.4 Å². The molecule has 2 N–H and O–H groups in total. The lowest BCUT2D eigenvalue weighted by Gasteiger charge is -2.13. The summed E-state index contributed by atoms with van der Waals surface area (Å²) in [6.45, 7) is 6.60. The van der Waals surface area contributed by atoms with Gasteiger partial charge < -0.3 is 10.4 Å². The van der Waals surface area contributed by atoms with Crippen molar-refractivity contribution in [3.8, 4) is 0 Å². The monoisotopic (exact) mass is 302 g/mol. The largest absolute Gasteiger partial charge is 0.396 e. The summed E-state index contributed by atoms with van der Waals surface area (Å²) in [6.07, 6.45) is 3.65. The van der Waals surface area contributed by atoms with Crippen LogP contribution in [0.5, 0.6) is 0 Å². The number of carbonyl (C=O) groups excluding carboxylic acids is 1. The minimum atomic E-state index is -0.126. The number of aryl methyl sites for hydroxylation is 1. The van der Waals surface area contributed by atoms with Crippen LogP contribution in [-0.2, 0) is 0 Å². The number of fused-ring (bicyclic) bond motifs is 1. The molecular weight excluding hydrogens is 280 g/mol. The SMILES string of the molecule is Cc1cc(C(=O)NCC2(CO)CC2)c2cnn(C(C)C)c2n1. The van der Waals surface area contributed by atoms with Crippen molar-refractivity contribution in [2.75, 3.05) is 13.2 Å². The Bertz CT molecular complexity index is 716. The number of amides is 1. The van der Waals surface area contributed by atoms with Crippen molar-refractivity contribution in [3.05, 3.63) is 23.5 Å². The van der Waals surface area contributed by atoms with Gasteiger partial charge in [0.15, 0.2) is 5.65 Å². The van der Waals surface area contributed by atoms with Crippen molar-refractivity contribution < 1.29 is 9.90 Å². The number of aliphatic hydroxyl groups is 1. The molecule has 1 aliphatic carbocycles. The van der Waals surface area contributed by atoms with Gasteiger partial charge in [-0.05, 0) is 39.7 Å². The first kappa shape index (κ1) is 15.0.